The maximum Gasteiger partial charge on any atom is 0.123 e. The van der Waals surface area contributed by atoms with E-state index in [-0.39, 0.29) is 0 Å². The third-order valence-corrected chi connectivity index (χ3v) is 3.99. The average molecular weight is 293 g/mol. The molecule has 1 unspecified atom stereocenters. The van der Waals surface area contributed by atoms with E-state index >= 15 is 0 Å². The number of benzene rings is 1. The van der Waals surface area contributed by atoms with Crippen molar-refractivity contribution in [3.05, 3.63) is 23.8 Å². The minimum atomic E-state index is 0.319. The van der Waals surface area contributed by atoms with Gasteiger partial charge < -0.3 is 14.8 Å². The second-order valence-corrected chi connectivity index (χ2v) is 5.48. The number of methoxy groups -OCH3 is 2. The number of hydrogen-bond donors (Lipinski definition) is 1. The van der Waals surface area contributed by atoms with E-state index in [9.17, 15) is 0 Å². The van der Waals surface area contributed by atoms with Crippen LogP contribution in [0.1, 0.15) is 58.1 Å². The van der Waals surface area contributed by atoms with Gasteiger partial charge in [0.1, 0.15) is 11.5 Å². The highest BCUT2D eigenvalue weighted by atomic mass is 16.5. The SMILES string of the molecule is CCCC(CCC)C(NCC)c1cc(OC)ccc1OC. The highest BCUT2D eigenvalue weighted by molar-refractivity contribution is 5.42. The van der Waals surface area contributed by atoms with Crippen molar-refractivity contribution in [2.45, 2.75) is 52.5 Å². The summed E-state index contributed by atoms with van der Waals surface area (Å²) < 4.78 is 11.0. The molecule has 3 nitrogen and oxygen atoms in total. The van der Waals surface area contributed by atoms with E-state index in [1.54, 1.807) is 14.2 Å². The molecule has 120 valence electrons. The summed E-state index contributed by atoms with van der Waals surface area (Å²) in [5, 5.41) is 3.66. The van der Waals surface area contributed by atoms with Crippen LogP contribution in [0.2, 0.25) is 0 Å². The third kappa shape index (κ3) is 4.92. The number of nitrogens with one attached hydrogen (secondary N) is 1. The largest absolute Gasteiger partial charge is 0.497 e. The van der Waals surface area contributed by atoms with E-state index in [0.717, 1.165) is 18.0 Å². The van der Waals surface area contributed by atoms with Gasteiger partial charge in [0.2, 0.25) is 0 Å². The van der Waals surface area contributed by atoms with Crippen LogP contribution in [0.4, 0.5) is 0 Å². The molecule has 1 aromatic rings. The Morgan fingerprint density at radius 1 is 1.00 bits per heavy atom. The van der Waals surface area contributed by atoms with E-state index in [1.165, 1.54) is 31.2 Å². The number of rotatable bonds is 10. The molecule has 0 spiro atoms. The van der Waals surface area contributed by atoms with Crippen molar-refractivity contribution >= 4 is 0 Å². The van der Waals surface area contributed by atoms with Crippen molar-refractivity contribution in [2.75, 3.05) is 20.8 Å². The van der Waals surface area contributed by atoms with E-state index in [0.29, 0.717) is 12.0 Å². The van der Waals surface area contributed by atoms with Gasteiger partial charge in [-0.3, -0.25) is 0 Å². The molecule has 0 aliphatic heterocycles. The first-order valence-corrected chi connectivity index (χ1v) is 8.16. The van der Waals surface area contributed by atoms with Crippen LogP contribution in [0.15, 0.2) is 18.2 Å². The van der Waals surface area contributed by atoms with E-state index < -0.39 is 0 Å². The average Bonchev–Trinajstić information content (AvgIpc) is 2.52. The predicted molar refractivity (Wildman–Crippen MR) is 89.3 cm³/mol. The van der Waals surface area contributed by atoms with Gasteiger partial charge in [-0.25, -0.2) is 0 Å². The van der Waals surface area contributed by atoms with Crippen molar-refractivity contribution in [1.29, 1.82) is 0 Å². The molecule has 0 saturated carbocycles. The molecule has 0 saturated heterocycles. The minimum absolute atomic E-state index is 0.319. The summed E-state index contributed by atoms with van der Waals surface area (Å²) in [4.78, 5) is 0. The smallest absolute Gasteiger partial charge is 0.123 e. The monoisotopic (exact) mass is 293 g/mol. The highest BCUT2D eigenvalue weighted by Gasteiger charge is 2.24. The Hall–Kier alpha value is -1.22. The molecule has 1 atom stereocenters. The normalized spacial score (nSPS) is 12.5. The minimum Gasteiger partial charge on any atom is -0.497 e. The fourth-order valence-corrected chi connectivity index (χ4v) is 3.05. The van der Waals surface area contributed by atoms with Gasteiger partial charge in [-0.1, -0.05) is 33.6 Å². The molecule has 1 aromatic carbocycles. The zero-order chi connectivity index (χ0) is 15.7. The highest BCUT2D eigenvalue weighted by Crippen LogP contribution is 2.36. The maximum absolute atomic E-state index is 5.58. The molecule has 0 radical (unpaired) electrons. The lowest BCUT2D eigenvalue weighted by Gasteiger charge is -2.29. The van der Waals surface area contributed by atoms with Crippen LogP contribution in [-0.4, -0.2) is 20.8 Å². The summed E-state index contributed by atoms with van der Waals surface area (Å²) in [7, 11) is 3.45. The molecule has 0 aromatic heterocycles. The summed E-state index contributed by atoms with van der Waals surface area (Å²) in [6.45, 7) is 7.63. The lowest BCUT2D eigenvalue weighted by Crippen LogP contribution is -2.28. The van der Waals surface area contributed by atoms with E-state index in [1.807, 2.05) is 12.1 Å². The molecule has 0 aliphatic carbocycles. The Kier molecular flexibility index (Phi) is 8.21. The molecule has 0 amide bonds. The molecule has 0 heterocycles. The van der Waals surface area contributed by atoms with Crippen molar-refractivity contribution in [3.63, 3.8) is 0 Å². The maximum atomic E-state index is 5.58. The van der Waals surface area contributed by atoms with Crippen molar-refractivity contribution in [1.82, 2.24) is 5.32 Å². The zero-order valence-corrected chi connectivity index (χ0v) is 14.2. The number of hydrogen-bond acceptors (Lipinski definition) is 3. The third-order valence-electron chi connectivity index (χ3n) is 3.99. The lowest BCUT2D eigenvalue weighted by molar-refractivity contribution is 0.307. The van der Waals surface area contributed by atoms with Gasteiger partial charge in [-0.15, -0.1) is 0 Å². The van der Waals surface area contributed by atoms with Crippen molar-refractivity contribution in [2.24, 2.45) is 5.92 Å². The van der Waals surface area contributed by atoms with Gasteiger partial charge in [0.15, 0.2) is 0 Å². The van der Waals surface area contributed by atoms with Gasteiger partial charge in [-0.2, -0.15) is 0 Å². The first-order chi connectivity index (χ1) is 10.2. The second kappa shape index (κ2) is 9.67. The summed E-state index contributed by atoms with van der Waals surface area (Å²) >= 11 is 0. The van der Waals surface area contributed by atoms with Crippen molar-refractivity contribution in [3.8, 4) is 11.5 Å². The van der Waals surface area contributed by atoms with Crippen molar-refractivity contribution < 1.29 is 9.47 Å². The molecule has 1 rings (SSSR count). The van der Waals surface area contributed by atoms with Crippen LogP contribution in [-0.2, 0) is 0 Å². The first kappa shape index (κ1) is 17.8. The fraction of sp³-hybridized carbons (Fsp3) is 0.667. The van der Waals surface area contributed by atoms with Crippen LogP contribution in [0.3, 0.4) is 0 Å². The Labute approximate surface area is 130 Å². The van der Waals surface area contributed by atoms with E-state index in [2.05, 4.69) is 32.2 Å². The zero-order valence-electron chi connectivity index (χ0n) is 14.2. The van der Waals surface area contributed by atoms with Crippen LogP contribution in [0, 0.1) is 5.92 Å². The molecule has 0 bridgehead atoms. The second-order valence-electron chi connectivity index (χ2n) is 5.48. The molecular weight excluding hydrogens is 262 g/mol. The summed E-state index contributed by atoms with van der Waals surface area (Å²) in [6.07, 6.45) is 4.87. The molecule has 0 fully saturated rings. The summed E-state index contributed by atoms with van der Waals surface area (Å²) in [6, 6.07) is 6.40. The molecule has 21 heavy (non-hydrogen) atoms. The van der Waals surface area contributed by atoms with Gasteiger partial charge in [0.25, 0.3) is 0 Å². The Bertz CT molecular complexity index is 400. The van der Waals surface area contributed by atoms with Gasteiger partial charge >= 0.3 is 0 Å². The van der Waals surface area contributed by atoms with Gasteiger partial charge in [-0.05, 0) is 43.5 Å². The molecular formula is C18H31NO2. The Morgan fingerprint density at radius 2 is 1.67 bits per heavy atom. The summed E-state index contributed by atoms with van der Waals surface area (Å²) in [5.74, 6) is 2.46. The fourth-order valence-electron chi connectivity index (χ4n) is 3.05. The topological polar surface area (TPSA) is 30.5 Å². The molecule has 1 N–H and O–H groups in total. The van der Waals surface area contributed by atoms with Gasteiger partial charge in [0, 0.05) is 11.6 Å². The van der Waals surface area contributed by atoms with Crippen LogP contribution >= 0.6 is 0 Å². The lowest BCUT2D eigenvalue weighted by atomic mass is 9.85. The van der Waals surface area contributed by atoms with E-state index in [4.69, 9.17) is 9.47 Å². The summed E-state index contributed by atoms with van der Waals surface area (Å²) in [5.41, 5.74) is 1.21. The quantitative estimate of drug-likeness (QED) is 0.685. The Balaban J connectivity index is 3.17. The molecule has 3 heteroatoms. The van der Waals surface area contributed by atoms with Crippen LogP contribution in [0.5, 0.6) is 11.5 Å². The standard InChI is InChI=1S/C18H31NO2/c1-6-9-14(10-7-2)18(19-8-3)16-13-15(20-4)11-12-17(16)21-5/h11-14,18-19H,6-10H2,1-5H3. The van der Waals surface area contributed by atoms with Gasteiger partial charge in [0.05, 0.1) is 14.2 Å². The molecule has 0 aliphatic rings. The number of ether oxygens (including phenoxy) is 2. The Morgan fingerprint density at radius 3 is 2.14 bits per heavy atom. The van der Waals surface area contributed by atoms with Crippen LogP contribution in [0.25, 0.3) is 0 Å². The van der Waals surface area contributed by atoms with Crippen LogP contribution < -0.4 is 14.8 Å². The first-order valence-electron chi connectivity index (χ1n) is 8.16. The predicted octanol–water partition coefficient (Wildman–Crippen LogP) is 4.57.